The van der Waals surface area contributed by atoms with Crippen molar-refractivity contribution >= 4 is 17.2 Å². The van der Waals surface area contributed by atoms with Gasteiger partial charge in [0, 0.05) is 17.5 Å². The molecule has 1 N–H and O–H groups in total. The number of nitrogens with one attached hydrogen (secondary N) is 1. The van der Waals surface area contributed by atoms with Gasteiger partial charge in [-0.05, 0) is 31.4 Å². The van der Waals surface area contributed by atoms with Gasteiger partial charge in [-0.15, -0.1) is 11.3 Å². The molecule has 2 saturated heterocycles. The molecular formula is C18H21N3OS. The number of fused-ring (bicyclic) bond motifs is 1. The molecule has 2 aromatic rings. The molecule has 23 heavy (non-hydrogen) atoms. The average molecular weight is 327 g/mol. The van der Waals surface area contributed by atoms with E-state index in [1.54, 1.807) is 5.51 Å². The van der Waals surface area contributed by atoms with E-state index in [1.807, 2.05) is 11.4 Å². The summed E-state index contributed by atoms with van der Waals surface area (Å²) in [4.78, 5) is 19.5. The predicted molar refractivity (Wildman–Crippen MR) is 91.5 cm³/mol. The van der Waals surface area contributed by atoms with Crippen LogP contribution in [0.5, 0.6) is 0 Å². The van der Waals surface area contributed by atoms with Gasteiger partial charge in [0.2, 0.25) is 0 Å². The van der Waals surface area contributed by atoms with Gasteiger partial charge in [0.05, 0.1) is 11.6 Å². The van der Waals surface area contributed by atoms with Gasteiger partial charge < -0.3 is 10.2 Å². The largest absolute Gasteiger partial charge is 0.326 e. The summed E-state index contributed by atoms with van der Waals surface area (Å²) in [5.41, 5.74) is 3.55. The number of aromatic nitrogens is 1. The second-order valence-corrected chi connectivity index (χ2v) is 7.09. The zero-order valence-corrected chi connectivity index (χ0v) is 13.8. The van der Waals surface area contributed by atoms with Crippen LogP contribution in [0.3, 0.4) is 0 Å². The maximum atomic E-state index is 13.1. The van der Waals surface area contributed by atoms with E-state index in [9.17, 15) is 4.79 Å². The number of rotatable bonds is 2. The van der Waals surface area contributed by atoms with Crippen LogP contribution < -0.4 is 5.32 Å². The number of hydrogen-bond donors (Lipinski definition) is 1. The molecule has 1 aromatic carbocycles. The summed E-state index contributed by atoms with van der Waals surface area (Å²) < 4.78 is 0. The van der Waals surface area contributed by atoms with Gasteiger partial charge in [-0.3, -0.25) is 4.79 Å². The zero-order chi connectivity index (χ0) is 15.6. The van der Waals surface area contributed by atoms with Crippen LogP contribution in [0.4, 0.5) is 0 Å². The Morgan fingerprint density at radius 1 is 1.26 bits per heavy atom. The molecule has 1 aromatic heterocycles. The number of thiazole rings is 1. The van der Waals surface area contributed by atoms with Gasteiger partial charge in [0.15, 0.2) is 0 Å². The highest BCUT2D eigenvalue weighted by Gasteiger charge is 2.44. The quantitative estimate of drug-likeness (QED) is 0.921. The lowest BCUT2D eigenvalue weighted by atomic mass is 10.0. The molecule has 0 unspecified atom stereocenters. The lowest BCUT2D eigenvalue weighted by molar-refractivity contribution is 0.0645. The van der Waals surface area contributed by atoms with Crippen LogP contribution in [0.15, 0.2) is 41.2 Å². The van der Waals surface area contributed by atoms with Crippen LogP contribution >= 0.6 is 11.3 Å². The van der Waals surface area contributed by atoms with Gasteiger partial charge in [-0.2, -0.15) is 0 Å². The first-order valence-corrected chi connectivity index (χ1v) is 9.28. The molecule has 2 aliphatic rings. The number of nitrogens with zero attached hydrogens (tertiary/aromatic N) is 2. The fourth-order valence-electron chi connectivity index (χ4n) is 3.98. The summed E-state index contributed by atoms with van der Waals surface area (Å²) in [6.07, 6.45) is 4.44. The van der Waals surface area contributed by atoms with Crippen LogP contribution in [-0.4, -0.2) is 34.4 Å². The van der Waals surface area contributed by atoms with Crippen LogP contribution in [0, 0.1) is 0 Å². The highest BCUT2D eigenvalue weighted by Crippen LogP contribution is 2.40. The molecule has 3 atom stereocenters. The molecule has 0 saturated carbocycles. The fourth-order valence-corrected chi connectivity index (χ4v) is 4.50. The lowest BCUT2D eigenvalue weighted by Gasteiger charge is -2.31. The molecule has 5 heteroatoms. The van der Waals surface area contributed by atoms with Gasteiger partial charge in [0.25, 0.3) is 5.91 Å². The van der Waals surface area contributed by atoms with Crippen LogP contribution in [0.1, 0.15) is 47.8 Å². The van der Waals surface area contributed by atoms with E-state index in [0.29, 0.717) is 11.7 Å². The topological polar surface area (TPSA) is 45.2 Å². The third kappa shape index (κ3) is 2.79. The van der Waals surface area contributed by atoms with Crippen molar-refractivity contribution in [3.8, 4) is 0 Å². The standard InChI is InChI=1S/C18H21N3OS/c22-18(15-11-23-12-20-15)21-16-8-4-5-9-19-14(16)10-17(21)13-6-2-1-3-7-13/h1-3,6-7,11-12,14,16-17,19H,4-5,8-10H2/t14-,16+,17+/m1/s1. The highest BCUT2D eigenvalue weighted by atomic mass is 32.1. The van der Waals surface area contributed by atoms with E-state index in [2.05, 4.69) is 39.5 Å². The molecule has 4 nitrogen and oxygen atoms in total. The predicted octanol–water partition coefficient (Wildman–Crippen LogP) is 3.24. The van der Waals surface area contributed by atoms with Crippen LogP contribution in [0.2, 0.25) is 0 Å². The Labute approximate surface area is 140 Å². The minimum atomic E-state index is 0.0799. The molecule has 4 rings (SSSR count). The summed E-state index contributed by atoms with van der Waals surface area (Å²) >= 11 is 1.48. The molecule has 1 amide bonds. The zero-order valence-electron chi connectivity index (χ0n) is 13.0. The third-order valence-electron chi connectivity index (χ3n) is 5.04. The minimum Gasteiger partial charge on any atom is -0.326 e. The molecule has 0 radical (unpaired) electrons. The summed E-state index contributed by atoms with van der Waals surface area (Å²) in [6.45, 7) is 1.06. The molecule has 3 heterocycles. The van der Waals surface area contributed by atoms with Crippen molar-refractivity contribution in [2.75, 3.05) is 6.54 Å². The second kappa shape index (κ2) is 6.42. The van der Waals surface area contributed by atoms with Crippen molar-refractivity contribution in [2.24, 2.45) is 0 Å². The van der Waals surface area contributed by atoms with E-state index in [4.69, 9.17) is 0 Å². The normalized spacial score (nSPS) is 27.5. The van der Waals surface area contributed by atoms with Crippen molar-refractivity contribution in [2.45, 2.75) is 43.8 Å². The van der Waals surface area contributed by atoms with Crippen LogP contribution in [-0.2, 0) is 0 Å². The van der Waals surface area contributed by atoms with E-state index in [0.717, 1.165) is 19.4 Å². The fraction of sp³-hybridized carbons (Fsp3) is 0.444. The number of amides is 1. The van der Waals surface area contributed by atoms with Gasteiger partial charge >= 0.3 is 0 Å². The number of carbonyl (C=O) groups excluding carboxylic acids is 1. The SMILES string of the molecule is O=C(c1cscn1)N1[C@H](c2ccccc2)C[C@H]2NCCCC[C@@H]21. The van der Waals surface area contributed by atoms with E-state index in [-0.39, 0.29) is 18.0 Å². The van der Waals surface area contributed by atoms with E-state index in [1.165, 1.54) is 29.7 Å². The number of carbonyl (C=O) groups is 1. The smallest absolute Gasteiger partial charge is 0.274 e. The Morgan fingerprint density at radius 3 is 2.91 bits per heavy atom. The van der Waals surface area contributed by atoms with E-state index < -0.39 is 0 Å². The molecular weight excluding hydrogens is 306 g/mol. The van der Waals surface area contributed by atoms with E-state index >= 15 is 0 Å². The molecule has 2 aliphatic heterocycles. The number of hydrogen-bond acceptors (Lipinski definition) is 4. The Balaban J connectivity index is 1.70. The van der Waals surface area contributed by atoms with Gasteiger partial charge in [-0.25, -0.2) is 4.98 Å². The monoisotopic (exact) mass is 327 g/mol. The molecule has 0 spiro atoms. The van der Waals surface area contributed by atoms with Crippen molar-refractivity contribution < 1.29 is 4.79 Å². The Hall–Kier alpha value is -1.72. The summed E-state index contributed by atoms with van der Waals surface area (Å²) in [5.74, 6) is 0.0799. The van der Waals surface area contributed by atoms with Crippen molar-refractivity contribution in [1.29, 1.82) is 0 Å². The first-order chi connectivity index (χ1) is 11.3. The molecule has 0 aliphatic carbocycles. The van der Waals surface area contributed by atoms with Crippen molar-refractivity contribution in [3.05, 3.63) is 52.5 Å². The molecule has 2 fully saturated rings. The number of likely N-dealkylation sites (tertiary alicyclic amines) is 1. The Bertz CT molecular complexity index is 658. The summed E-state index contributed by atoms with van der Waals surface area (Å²) in [7, 11) is 0. The highest BCUT2D eigenvalue weighted by molar-refractivity contribution is 7.07. The van der Waals surface area contributed by atoms with Gasteiger partial charge in [0.1, 0.15) is 5.69 Å². The van der Waals surface area contributed by atoms with Crippen molar-refractivity contribution in [1.82, 2.24) is 15.2 Å². The summed E-state index contributed by atoms with van der Waals surface area (Å²) in [5, 5.41) is 5.52. The van der Waals surface area contributed by atoms with Crippen LogP contribution in [0.25, 0.3) is 0 Å². The molecule has 120 valence electrons. The minimum absolute atomic E-state index is 0.0799. The number of benzene rings is 1. The van der Waals surface area contributed by atoms with Crippen molar-refractivity contribution in [3.63, 3.8) is 0 Å². The summed E-state index contributed by atoms with van der Waals surface area (Å²) in [6, 6.07) is 11.2. The lowest BCUT2D eigenvalue weighted by Crippen LogP contribution is -2.44. The molecule has 0 bridgehead atoms. The third-order valence-corrected chi connectivity index (χ3v) is 5.62. The first-order valence-electron chi connectivity index (χ1n) is 8.34. The maximum absolute atomic E-state index is 13.1. The second-order valence-electron chi connectivity index (χ2n) is 6.37. The average Bonchev–Trinajstić information content (AvgIpc) is 3.19. The Kier molecular flexibility index (Phi) is 4.14. The Morgan fingerprint density at radius 2 is 2.13 bits per heavy atom. The first kappa shape index (κ1) is 14.8. The van der Waals surface area contributed by atoms with Gasteiger partial charge in [-0.1, -0.05) is 36.8 Å². The maximum Gasteiger partial charge on any atom is 0.274 e.